The van der Waals surface area contributed by atoms with E-state index in [2.05, 4.69) is 24.5 Å². The number of carbonyl (C=O) groups excluding carboxylic acids is 1. The molecule has 0 aromatic heterocycles. The lowest BCUT2D eigenvalue weighted by Gasteiger charge is -2.26. The third-order valence-corrected chi connectivity index (χ3v) is 4.60. The number of benzene rings is 1. The molecule has 0 aliphatic carbocycles. The Labute approximate surface area is 130 Å². The number of hydrogen-bond donors (Lipinski definition) is 2. The lowest BCUT2D eigenvalue weighted by Crippen LogP contribution is -2.31. The van der Waals surface area contributed by atoms with Crippen LogP contribution in [0.3, 0.4) is 0 Å². The van der Waals surface area contributed by atoms with Gasteiger partial charge in [0.05, 0.1) is 6.04 Å². The van der Waals surface area contributed by atoms with Gasteiger partial charge in [-0.3, -0.25) is 4.79 Å². The minimum absolute atomic E-state index is 0.0488. The lowest BCUT2D eigenvalue weighted by atomic mass is 10.0. The predicted octanol–water partition coefficient (Wildman–Crippen LogP) is 3.26. The van der Waals surface area contributed by atoms with E-state index in [4.69, 9.17) is 0 Å². The van der Waals surface area contributed by atoms with Gasteiger partial charge in [-0.25, -0.2) is 4.39 Å². The first kappa shape index (κ1) is 16.3. The predicted molar refractivity (Wildman–Crippen MR) is 85.0 cm³/mol. The van der Waals surface area contributed by atoms with Crippen molar-refractivity contribution in [1.29, 1.82) is 0 Å². The summed E-state index contributed by atoms with van der Waals surface area (Å²) >= 11 is 1.72. The summed E-state index contributed by atoms with van der Waals surface area (Å²) in [5, 5.41) is 6.34. The SMILES string of the molecule is CC(C)NCCCC(=O)NC1CCSc2ccc(F)cc21. The first-order valence-corrected chi connectivity index (χ1v) is 8.50. The van der Waals surface area contributed by atoms with E-state index < -0.39 is 0 Å². The number of hydrogen-bond acceptors (Lipinski definition) is 3. The van der Waals surface area contributed by atoms with Crippen LogP contribution in [-0.2, 0) is 4.79 Å². The molecule has 1 unspecified atom stereocenters. The standard InChI is InChI=1S/C16H23FN2OS/c1-11(2)18-8-3-4-16(20)19-14-7-9-21-15-6-5-12(17)10-13(14)15/h5-6,10-11,14,18H,3-4,7-9H2,1-2H3,(H,19,20). The van der Waals surface area contributed by atoms with Gasteiger partial charge in [0, 0.05) is 23.1 Å². The number of carbonyl (C=O) groups is 1. The topological polar surface area (TPSA) is 41.1 Å². The quantitative estimate of drug-likeness (QED) is 0.793. The molecule has 0 spiro atoms. The van der Waals surface area contributed by atoms with E-state index in [1.54, 1.807) is 23.9 Å². The van der Waals surface area contributed by atoms with Crippen LogP contribution in [0.5, 0.6) is 0 Å². The number of fused-ring (bicyclic) bond motifs is 1. The molecule has 1 aromatic carbocycles. The summed E-state index contributed by atoms with van der Waals surface area (Å²) in [5.41, 5.74) is 0.917. The van der Waals surface area contributed by atoms with Crippen LogP contribution in [0.25, 0.3) is 0 Å². The molecule has 116 valence electrons. The Hall–Kier alpha value is -1.07. The maximum atomic E-state index is 13.4. The average Bonchev–Trinajstić information content (AvgIpc) is 2.44. The van der Waals surface area contributed by atoms with Crippen LogP contribution in [0.1, 0.15) is 44.7 Å². The molecule has 5 heteroatoms. The van der Waals surface area contributed by atoms with Gasteiger partial charge in [-0.15, -0.1) is 11.8 Å². The highest BCUT2D eigenvalue weighted by Crippen LogP contribution is 2.36. The molecular weight excluding hydrogens is 287 g/mol. The Morgan fingerprint density at radius 1 is 1.48 bits per heavy atom. The number of thioether (sulfide) groups is 1. The van der Waals surface area contributed by atoms with Crippen molar-refractivity contribution in [3.63, 3.8) is 0 Å². The second kappa shape index (κ2) is 7.80. The van der Waals surface area contributed by atoms with Gasteiger partial charge in [-0.1, -0.05) is 13.8 Å². The van der Waals surface area contributed by atoms with Crippen molar-refractivity contribution in [2.75, 3.05) is 12.3 Å². The van der Waals surface area contributed by atoms with Crippen molar-refractivity contribution in [1.82, 2.24) is 10.6 Å². The fourth-order valence-corrected chi connectivity index (χ4v) is 3.53. The number of halogens is 1. The van der Waals surface area contributed by atoms with Gasteiger partial charge in [0.2, 0.25) is 5.91 Å². The third kappa shape index (κ3) is 5.00. The Balaban J connectivity index is 1.86. The zero-order chi connectivity index (χ0) is 15.2. The molecule has 1 aliphatic rings. The van der Waals surface area contributed by atoms with E-state index in [-0.39, 0.29) is 17.8 Å². The summed E-state index contributed by atoms with van der Waals surface area (Å²) in [4.78, 5) is 13.1. The van der Waals surface area contributed by atoms with Crippen molar-refractivity contribution in [3.05, 3.63) is 29.6 Å². The molecule has 1 heterocycles. The van der Waals surface area contributed by atoms with Crippen LogP contribution >= 0.6 is 11.8 Å². The third-order valence-electron chi connectivity index (χ3n) is 3.48. The molecule has 1 amide bonds. The largest absolute Gasteiger partial charge is 0.349 e. The minimum atomic E-state index is -0.239. The molecule has 0 saturated carbocycles. The maximum Gasteiger partial charge on any atom is 0.220 e. The molecule has 2 N–H and O–H groups in total. The van der Waals surface area contributed by atoms with Crippen molar-refractivity contribution in [2.24, 2.45) is 0 Å². The summed E-state index contributed by atoms with van der Waals surface area (Å²) < 4.78 is 13.4. The van der Waals surface area contributed by atoms with E-state index in [1.165, 1.54) is 6.07 Å². The highest BCUT2D eigenvalue weighted by Gasteiger charge is 2.22. The van der Waals surface area contributed by atoms with Gasteiger partial charge < -0.3 is 10.6 Å². The van der Waals surface area contributed by atoms with E-state index in [0.29, 0.717) is 12.5 Å². The maximum absolute atomic E-state index is 13.4. The second-order valence-corrected chi connectivity index (χ2v) is 6.79. The van der Waals surface area contributed by atoms with Crippen LogP contribution in [0.4, 0.5) is 4.39 Å². The fourth-order valence-electron chi connectivity index (χ4n) is 2.42. The van der Waals surface area contributed by atoms with E-state index in [9.17, 15) is 9.18 Å². The van der Waals surface area contributed by atoms with Crippen LogP contribution in [0.15, 0.2) is 23.1 Å². The molecule has 0 bridgehead atoms. The van der Waals surface area contributed by atoms with Crippen molar-refractivity contribution in [3.8, 4) is 0 Å². The zero-order valence-corrected chi connectivity index (χ0v) is 13.4. The normalized spacial score (nSPS) is 17.6. The van der Waals surface area contributed by atoms with Crippen molar-refractivity contribution < 1.29 is 9.18 Å². The average molecular weight is 310 g/mol. The molecule has 0 radical (unpaired) electrons. The van der Waals surface area contributed by atoms with Crippen LogP contribution in [0, 0.1) is 5.82 Å². The summed E-state index contributed by atoms with van der Waals surface area (Å²) in [6.07, 6.45) is 2.19. The minimum Gasteiger partial charge on any atom is -0.349 e. The first-order valence-electron chi connectivity index (χ1n) is 7.51. The molecular formula is C16H23FN2OS. The Kier molecular flexibility index (Phi) is 6.06. The van der Waals surface area contributed by atoms with Gasteiger partial charge >= 0.3 is 0 Å². The highest BCUT2D eigenvalue weighted by molar-refractivity contribution is 7.99. The van der Waals surface area contributed by atoms with E-state index in [1.807, 2.05) is 0 Å². The van der Waals surface area contributed by atoms with Gasteiger partial charge in [-0.05, 0) is 43.1 Å². The van der Waals surface area contributed by atoms with E-state index >= 15 is 0 Å². The molecule has 1 aromatic rings. The summed E-state index contributed by atoms with van der Waals surface area (Å²) in [6.45, 7) is 5.02. The Bertz CT molecular complexity index is 493. The summed E-state index contributed by atoms with van der Waals surface area (Å²) in [6, 6.07) is 5.22. The summed E-state index contributed by atoms with van der Waals surface area (Å²) in [5.74, 6) is 0.766. The molecule has 3 nitrogen and oxygen atoms in total. The lowest BCUT2D eigenvalue weighted by molar-refractivity contribution is -0.122. The van der Waals surface area contributed by atoms with Gasteiger partial charge in [0.25, 0.3) is 0 Å². The first-order chi connectivity index (χ1) is 10.1. The monoisotopic (exact) mass is 310 g/mol. The molecule has 2 rings (SSSR count). The Morgan fingerprint density at radius 3 is 3.05 bits per heavy atom. The molecule has 0 fully saturated rings. The van der Waals surface area contributed by atoms with Crippen molar-refractivity contribution in [2.45, 2.75) is 50.1 Å². The molecule has 21 heavy (non-hydrogen) atoms. The highest BCUT2D eigenvalue weighted by atomic mass is 32.2. The van der Waals surface area contributed by atoms with Gasteiger partial charge in [0.1, 0.15) is 5.82 Å². The van der Waals surface area contributed by atoms with Gasteiger partial charge in [0.15, 0.2) is 0 Å². The van der Waals surface area contributed by atoms with Crippen molar-refractivity contribution >= 4 is 17.7 Å². The Morgan fingerprint density at radius 2 is 2.29 bits per heavy atom. The second-order valence-electron chi connectivity index (χ2n) is 5.65. The molecule has 1 aliphatic heterocycles. The van der Waals surface area contributed by atoms with Gasteiger partial charge in [-0.2, -0.15) is 0 Å². The number of rotatable bonds is 6. The van der Waals surface area contributed by atoms with E-state index in [0.717, 1.165) is 35.6 Å². The number of nitrogens with one attached hydrogen (secondary N) is 2. The smallest absolute Gasteiger partial charge is 0.220 e. The summed E-state index contributed by atoms with van der Waals surface area (Å²) in [7, 11) is 0. The van der Waals surface area contributed by atoms with Crippen LogP contribution in [-0.4, -0.2) is 24.2 Å². The fraction of sp³-hybridized carbons (Fsp3) is 0.562. The van der Waals surface area contributed by atoms with Crippen LogP contribution < -0.4 is 10.6 Å². The molecule has 1 atom stereocenters. The number of amides is 1. The molecule has 0 saturated heterocycles. The van der Waals surface area contributed by atoms with Crippen LogP contribution in [0.2, 0.25) is 0 Å². The zero-order valence-electron chi connectivity index (χ0n) is 12.6.